The minimum absolute atomic E-state index is 0.0140. The molecule has 1 atom stereocenters. The van der Waals surface area contributed by atoms with Crippen molar-refractivity contribution >= 4 is 16.9 Å². The lowest BCUT2D eigenvalue weighted by atomic mass is 9.88. The third kappa shape index (κ3) is 4.75. The fraction of sp³-hybridized carbons (Fsp3) is 0.308. The van der Waals surface area contributed by atoms with Gasteiger partial charge >= 0.3 is 5.97 Å². The molecule has 1 unspecified atom stereocenters. The van der Waals surface area contributed by atoms with E-state index in [1.807, 2.05) is 26.0 Å². The zero-order valence-corrected chi connectivity index (χ0v) is 20.1. The molecule has 0 saturated heterocycles. The van der Waals surface area contributed by atoms with E-state index < -0.39 is 23.0 Å². The van der Waals surface area contributed by atoms with Crippen molar-refractivity contribution in [1.82, 2.24) is 19.5 Å². The Morgan fingerprint density at radius 1 is 1.17 bits per heavy atom. The molecule has 0 aliphatic rings. The maximum atomic E-state index is 13.7. The normalized spacial score (nSPS) is 12.1. The van der Waals surface area contributed by atoms with E-state index in [1.54, 1.807) is 25.5 Å². The van der Waals surface area contributed by atoms with Crippen LogP contribution in [0.3, 0.4) is 0 Å². The number of methoxy groups -OCH3 is 1. The zero-order chi connectivity index (χ0) is 25.3. The first kappa shape index (κ1) is 24.0. The summed E-state index contributed by atoms with van der Waals surface area (Å²) in [6.45, 7) is 5.91. The van der Waals surface area contributed by atoms with Crippen LogP contribution in [0.1, 0.15) is 46.0 Å². The van der Waals surface area contributed by atoms with Gasteiger partial charge in [-0.15, -0.1) is 0 Å². The Morgan fingerprint density at radius 3 is 2.63 bits per heavy atom. The van der Waals surface area contributed by atoms with Crippen LogP contribution in [0.25, 0.3) is 10.9 Å². The summed E-state index contributed by atoms with van der Waals surface area (Å²) >= 11 is 0. The number of benzene rings is 1. The number of rotatable bonds is 7. The molecule has 4 aromatic rings. The number of aromatic amines is 2. The Morgan fingerprint density at radius 2 is 1.94 bits per heavy atom. The van der Waals surface area contributed by atoms with Crippen LogP contribution in [0, 0.1) is 20.8 Å². The molecule has 0 radical (unpaired) electrons. The number of esters is 1. The highest BCUT2D eigenvalue weighted by Gasteiger charge is 2.29. The van der Waals surface area contributed by atoms with Crippen molar-refractivity contribution in [2.45, 2.75) is 46.1 Å². The van der Waals surface area contributed by atoms with Gasteiger partial charge in [0.1, 0.15) is 5.75 Å². The summed E-state index contributed by atoms with van der Waals surface area (Å²) in [4.78, 5) is 49.1. The molecule has 0 saturated carbocycles. The predicted molar refractivity (Wildman–Crippen MR) is 132 cm³/mol. The molecule has 0 aliphatic carbocycles. The summed E-state index contributed by atoms with van der Waals surface area (Å²) in [6, 6.07) is 7.07. The Labute approximate surface area is 201 Å². The van der Waals surface area contributed by atoms with Gasteiger partial charge in [-0.1, -0.05) is 11.6 Å². The van der Waals surface area contributed by atoms with E-state index in [0.29, 0.717) is 24.2 Å². The van der Waals surface area contributed by atoms with E-state index in [1.165, 1.54) is 17.7 Å². The number of fused-ring (bicyclic) bond motifs is 1. The topological polar surface area (TPSA) is 130 Å². The monoisotopic (exact) mass is 476 g/mol. The molecule has 9 nitrogen and oxygen atoms in total. The molecule has 0 aliphatic heterocycles. The van der Waals surface area contributed by atoms with Crippen molar-refractivity contribution in [1.29, 1.82) is 0 Å². The van der Waals surface area contributed by atoms with Crippen molar-refractivity contribution in [3.05, 3.63) is 91.1 Å². The van der Waals surface area contributed by atoms with E-state index in [0.717, 1.165) is 22.2 Å². The SMILES string of the molecule is COC(=O)CC(c1cc2cc(C)cc(C)c2[nH]c1=O)c1c(O)cc(C)n(CCc2cnc[nH]2)c1=O. The molecule has 3 heterocycles. The Hall–Kier alpha value is -4.14. The first-order chi connectivity index (χ1) is 16.7. The molecular weight excluding hydrogens is 448 g/mol. The van der Waals surface area contributed by atoms with Gasteiger partial charge < -0.3 is 24.4 Å². The smallest absolute Gasteiger partial charge is 0.306 e. The molecule has 1 aromatic carbocycles. The standard InChI is InChI=1S/C26H28N4O5/c1-14-7-15(2)24-17(8-14)10-20(25(33)29-24)19(11-22(32)35-4)23-21(31)9-16(3)30(26(23)34)6-5-18-12-27-13-28-18/h7-10,12-13,19,31H,5-6,11H2,1-4H3,(H,27,28)(H,29,33). The molecule has 9 heteroatoms. The molecule has 4 rings (SSSR count). The molecule has 0 spiro atoms. The summed E-state index contributed by atoms with van der Waals surface area (Å²) in [6.07, 6.45) is 3.49. The highest BCUT2D eigenvalue weighted by molar-refractivity contribution is 5.83. The van der Waals surface area contributed by atoms with E-state index in [4.69, 9.17) is 4.74 Å². The number of aryl methyl sites for hydroxylation is 4. The van der Waals surface area contributed by atoms with Gasteiger partial charge in [0.2, 0.25) is 0 Å². The predicted octanol–water partition coefficient (Wildman–Crippen LogP) is 2.98. The number of carbonyl (C=O) groups excluding carboxylic acids is 1. The van der Waals surface area contributed by atoms with Crippen LogP contribution >= 0.6 is 0 Å². The number of aromatic nitrogens is 4. The second-order valence-electron chi connectivity index (χ2n) is 8.80. The third-order valence-corrected chi connectivity index (χ3v) is 6.33. The molecule has 3 aromatic heterocycles. The van der Waals surface area contributed by atoms with Crippen LogP contribution in [0.2, 0.25) is 0 Å². The number of ether oxygens (including phenoxy) is 1. The minimum Gasteiger partial charge on any atom is -0.507 e. The van der Waals surface area contributed by atoms with Gasteiger partial charge in [-0.3, -0.25) is 14.4 Å². The van der Waals surface area contributed by atoms with Crippen molar-refractivity contribution in [3.63, 3.8) is 0 Å². The summed E-state index contributed by atoms with van der Waals surface area (Å²) < 4.78 is 6.40. The van der Waals surface area contributed by atoms with Crippen molar-refractivity contribution < 1.29 is 14.6 Å². The molecule has 0 fully saturated rings. The van der Waals surface area contributed by atoms with Crippen LogP contribution in [-0.2, 0) is 22.5 Å². The lowest BCUT2D eigenvalue weighted by Gasteiger charge is -2.20. The summed E-state index contributed by atoms with van der Waals surface area (Å²) in [7, 11) is 1.24. The van der Waals surface area contributed by atoms with Crippen LogP contribution in [0.4, 0.5) is 0 Å². The largest absolute Gasteiger partial charge is 0.507 e. The van der Waals surface area contributed by atoms with Crippen molar-refractivity contribution in [3.8, 4) is 5.75 Å². The first-order valence-corrected chi connectivity index (χ1v) is 11.3. The van der Waals surface area contributed by atoms with Crippen LogP contribution < -0.4 is 11.1 Å². The summed E-state index contributed by atoms with van der Waals surface area (Å²) in [5, 5.41) is 11.6. The van der Waals surface area contributed by atoms with E-state index in [2.05, 4.69) is 15.0 Å². The van der Waals surface area contributed by atoms with E-state index in [9.17, 15) is 19.5 Å². The van der Waals surface area contributed by atoms with Crippen LogP contribution in [0.15, 0.2) is 46.4 Å². The van der Waals surface area contributed by atoms with Gasteiger partial charge in [0.15, 0.2) is 0 Å². The van der Waals surface area contributed by atoms with Gasteiger partial charge in [0.05, 0.1) is 30.9 Å². The highest BCUT2D eigenvalue weighted by Crippen LogP contribution is 2.32. The molecule has 35 heavy (non-hydrogen) atoms. The lowest BCUT2D eigenvalue weighted by molar-refractivity contribution is -0.140. The average molecular weight is 477 g/mol. The van der Waals surface area contributed by atoms with Crippen molar-refractivity contribution in [2.75, 3.05) is 7.11 Å². The highest BCUT2D eigenvalue weighted by atomic mass is 16.5. The fourth-order valence-electron chi connectivity index (χ4n) is 4.61. The Kier molecular flexibility index (Phi) is 6.59. The number of nitrogens with one attached hydrogen (secondary N) is 2. The van der Waals surface area contributed by atoms with E-state index in [-0.39, 0.29) is 23.3 Å². The Bertz CT molecular complexity index is 1520. The first-order valence-electron chi connectivity index (χ1n) is 11.3. The van der Waals surface area contributed by atoms with Gasteiger partial charge in [-0.05, 0) is 49.9 Å². The maximum absolute atomic E-state index is 13.7. The number of hydrogen-bond donors (Lipinski definition) is 3. The molecule has 182 valence electrons. The summed E-state index contributed by atoms with van der Waals surface area (Å²) in [5.74, 6) is -1.86. The molecule has 0 amide bonds. The number of hydrogen-bond acceptors (Lipinski definition) is 6. The average Bonchev–Trinajstić information content (AvgIpc) is 3.31. The van der Waals surface area contributed by atoms with E-state index >= 15 is 0 Å². The quantitative estimate of drug-likeness (QED) is 0.352. The minimum atomic E-state index is -0.997. The van der Waals surface area contributed by atoms with Gasteiger partial charge in [0, 0.05) is 42.0 Å². The van der Waals surface area contributed by atoms with Gasteiger partial charge in [0.25, 0.3) is 11.1 Å². The van der Waals surface area contributed by atoms with Crippen molar-refractivity contribution in [2.24, 2.45) is 0 Å². The number of carbonyl (C=O) groups is 1. The number of pyridine rings is 2. The number of nitrogens with zero attached hydrogens (tertiary/aromatic N) is 2. The van der Waals surface area contributed by atoms with Crippen LogP contribution in [-0.4, -0.2) is 37.7 Å². The second-order valence-corrected chi connectivity index (χ2v) is 8.80. The maximum Gasteiger partial charge on any atom is 0.306 e. The van der Waals surface area contributed by atoms with Gasteiger partial charge in [-0.2, -0.15) is 0 Å². The second kappa shape index (κ2) is 9.61. The number of H-pyrrole nitrogens is 2. The molecule has 3 N–H and O–H groups in total. The fourth-order valence-corrected chi connectivity index (χ4v) is 4.61. The zero-order valence-electron chi connectivity index (χ0n) is 20.1. The van der Waals surface area contributed by atoms with Crippen LogP contribution in [0.5, 0.6) is 5.75 Å². The number of aromatic hydroxyl groups is 1. The summed E-state index contributed by atoms with van der Waals surface area (Å²) in [5.41, 5.74) is 3.33. The Balaban J connectivity index is 1.90. The van der Waals surface area contributed by atoms with Gasteiger partial charge in [-0.25, -0.2) is 4.98 Å². The molecular formula is C26H28N4O5. The molecule has 0 bridgehead atoms. The lowest BCUT2D eigenvalue weighted by Crippen LogP contribution is -2.31. The number of imidazole rings is 1. The third-order valence-electron chi connectivity index (χ3n) is 6.33.